The number of nitrogens with one attached hydrogen (secondary N) is 1. The Labute approximate surface area is 221 Å². The Morgan fingerprint density at radius 3 is 2.13 bits per heavy atom. The molecular weight excluding hydrogens is 462 g/mol. The van der Waals surface area contributed by atoms with E-state index in [0.29, 0.717) is 0 Å². The van der Waals surface area contributed by atoms with Crippen LogP contribution >= 0.6 is 0 Å². The SMILES string of the molecule is CC.c1ccc(-c2ccc3[nH]c4c(-c5cccc6c5oc5ccc7ccccc7c56)cccc4c3c2)cc1. The first kappa shape index (κ1) is 22.4. The number of hydrogen-bond acceptors (Lipinski definition) is 1. The van der Waals surface area contributed by atoms with Gasteiger partial charge in [0, 0.05) is 38.2 Å². The third-order valence-electron chi connectivity index (χ3n) is 7.42. The van der Waals surface area contributed by atoms with Crippen molar-refractivity contribution in [1.29, 1.82) is 0 Å². The predicted molar refractivity (Wildman–Crippen MR) is 163 cm³/mol. The molecule has 8 aromatic rings. The highest BCUT2D eigenvalue weighted by Gasteiger charge is 2.17. The summed E-state index contributed by atoms with van der Waals surface area (Å²) < 4.78 is 6.53. The van der Waals surface area contributed by atoms with Crippen molar-refractivity contribution in [3.8, 4) is 22.3 Å². The second-order valence-corrected chi connectivity index (χ2v) is 9.42. The van der Waals surface area contributed by atoms with E-state index in [1.165, 1.54) is 38.1 Å². The molecule has 0 fully saturated rings. The van der Waals surface area contributed by atoms with Crippen LogP contribution in [-0.4, -0.2) is 4.98 Å². The number of benzene rings is 6. The summed E-state index contributed by atoms with van der Waals surface area (Å²) in [5.74, 6) is 0. The van der Waals surface area contributed by atoms with Crippen LogP contribution in [0.2, 0.25) is 0 Å². The van der Waals surface area contributed by atoms with E-state index in [1.54, 1.807) is 0 Å². The fraction of sp³-hybridized carbons (Fsp3) is 0.0556. The van der Waals surface area contributed by atoms with Crippen LogP contribution in [0.15, 0.2) is 126 Å². The zero-order valence-electron chi connectivity index (χ0n) is 21.5. The largest absolute Gasteiger partial charge is 0.455 e. The normalized spacial score (nSPS) is 11.4. The molecule has 0 atom stereocenters. The van der Waals surface area contributed by atoms with Crippen LogP contribution in [0.25, 0.3) is 76.8 Å². The van der Waals surface area contributed by atoms with Gasteiger partial charge in [-0.1, -0.05) is 117 Å². The Balaban J connectivity index is 0.00000118. The summed E-state index contributed by atoms with van der Waals surface area (Å²) in [6.07, 6.45) is 0. The summed E-state index contributed by atoms with van der Waals surface area (Å²) in [6, 6.07) is 43.0. The number of H-pyrrole nitrogens is 1. The van der Waals surface area contributed by atoms with Gasteiger partial charge in [0.15, 0.2) is 0 Å². The number of rotatable bonds is 2. The molecule has 8 rings (SSSR count). The molecule has 38 heavy (non-hydrogen) atoms. The van der Waals surface area contributed by atoms with Crippen LogP contribution in [0.5, 0.6) is 0 Å². The van der Waals surface area contributed by atoms with Crippen LogP contribution < -0.4 is 0 Å². The van der Waals surface area contributed by atoms with Gasteiger partial charge in [0.2, 0.25) is 0 Å². The van der Waals surface area contributed by atoms with Crippen LogP contribution in [-0.2, 0) is 0 Å². The lowest BCUT2D eigenvalue weighted by Gasteiger charge is -2.05. The quantitative estimate of drug-likeness (QED) is 0.257. The third-order valence-corrected chi connectivity index (χ3v) is 7.42. The fourth-order valence-electron chi connectivity index (χ4n) is 5.74. The van der Waals surface area contributed by atoms with Crippen molar-refractivity contribution in [2.75, 3.05) is 0 Å². The molecule has 0 aliphatic heterocycles. The van der Waals surface area contributed by atoms with Crippen molar-refractivity contribution in [1.82, 2.24) is 4.98 Å². The molecule has 1 N–H and O–H groups in total. The van der Waals surface area contributed by atoms with E-state index in [-0.39, 0.29) is 0 Å². The molecule has 0 radical (unpaired) electrons. The van der Waals surface area contributed by atoms with Gasteiger partial charge in [0.05, 0.1) is 5.52 Å². The summed E-state index contributed by atoms with van der Waals surface area (Å²) in [5.41, 5.74) is 8.83. The van der Waals surface area contributed by atoms with Crippen LogP contribution in [0, 0.1) is 0 Å². The summed E-state index contributed by atoms with van der Waals surface area (Å²) in [4.78, 5) is 3.71. The monoisotopic (exact) mass is 489 g/mol. The Bertz CT molecular complexity index is 2090. The maximum Gasteiger partial charge on any atom is 0.143 e. The smallest absolute Gasteiger partial charge is 0.143 e. The molecule has 0 unspecified atom stereocenters. The number of para-hydroxylation sites is 2. The molecule has 2 heterocycles. The van der Waals surface area contributed by atoms with E-state index in [1.807, 2.05) is 13.8 Å². The standard InChI is InChI=1S/C34H21NO.C2H6/c1-2-8-21(9-3-1)23-16-18-30-29(20-23)26-13-6-12-25(33(26)35-30)27-14-7-15-28-32-24-11-5-4-10-22(24)17-19-31(32)36-34(27)28;1-2/h1-20,35H;1-2H3. The highest BCUT2D eigenvalue weighted by Crippen LogP contribution is 2.42. The maximum atomic E-state index is 6.53. The van der Waals surface area contributed by atoms with Gasteiger partial charge in [-0.25, -0.2) is 0 Å². The molecule has 2 aromatic heterocycles. The highest BCUT2D eigenvalue weighted by molar-refractivity contribution is 6.22. The van der Waals surface area contributed by atoms with Crippen molar-refractivity contribution < 1.29 is 4.42 Å². The maximum absolute atomic E-state index is 6.53. The molecule has 0 aliphatic carbocycles. The summed E-state index contributed by atoms with van der Waals surface area (Å²) >= 11 is 0. The topological polar surface area (TPSA) is 28.9 Å². The van der Waals surface area contributed by atoms with Gasteiger partial charge in [-0.2, -0.15) is 0 Å². The average molecular weight is 490 g/mol. The zero-order chi connectivity index (χ0) is 25.6. The van der Waals surface area contributed by atoms with Gasteiger partial charge in [0.25, 0.3) is 0 Å². The minimum atomic E-state index is 0.924. The van der Waals surface area contributed by atoms with Crippen LogP contribution in [0.1, 0.15) is 13.8 Å². The van der Waals surface area contributed by atoms with Crippen LogP contribution in [0.3, 0.4) is 0 Å². The lowest BCUT2D eigenvalue weighted by Crippen LogP contribution is -1.81. The average Bonchev–Trinajstić information content (AvgIpc) is 3.57. The Morgan fingerprint density at radius 2 is 1.26 bits per heavy atom. The number of hydrogen-bond donors (Lipinski definition) is 1. The lowest BCUT2D eigenvalue weighted by molar-refractivity contribution is 0.670. The van der Waals surface area contributed by atoms with E-state index < -0.39 is 0 Å². The van der Waals surface area contributed by atoms with E-state index in [0.717, 1.165) is 38.7 Å². The number of aromatic nitrogens is 1. The summed E-state index contributed by atoms with van der Waals surface area (Å²) in [7, 11) is 0. The van der Waals surface area contributed by atoms with E-state index in [2.05, 4.69) is 126 Å². The van der Waals surface area contributed by atoms with Crippen molar-refractivity contribution in [3.63, 3.8) is 0 Å². The molecule has 6 aromatic carbocycles. The second-order valence-electron chi connectivity index (χ2n) is 9.42. The number of furan rings is 1. The van der Waals surface area contributed by atoms with Crippen molar-refractivity contribution >= 4 is 54.5 Å². The molecular formula is C36H27NO. The molecule has 0 amide bonds. The van der Waals surface area contributed by atoms with Crippen molar-refractivity contribution in [3.05, 3.63) is 121 Å². The fourth-order valence-corrected chi connectivity index (χ4v) is 5.74. The predicted octanol–water partition coefficient (Wildman–Crippen LogP) is 10.7. The van der Waals surface area contributed by atoms with Gasteiger partial charge < -0.3 is 9.40 Å². The van der Waals surface area contributed by atoms with E-state index in [9.17, 15) is 0 Å². The summed E-state index contributed by atoms with van der Waals surface area (Å²) in [6.45, 7) is 4.00. The molecule has 0 aliphatic rings. The van der Waals surface area contributed by atoms with Gasteiger partial charge in [-0.05, 0) is 40.1 Å². The Morgan fingerprint density at radius 1 is 0.526 bits per heavy atom. The van der Waals surface area contributed by atoms with Gasteiger partial charge in [-0.15, -0.1) is 0 Å². The van der Waals surface area contributed by atoms with Gasteiger partial charge in [0.1, 0.15) is 11.2 Å². The zero-order valence-corrected chi connectivity index (χ0v) is 21.5. The lowest BCUT2D eigenvalue weighted by atomic mass is 9.98. The molecule has 2 heteroatoms. The van der Waals surface area contributed by atoms with Crippen molar-refractivity contribution in [2.45, 2.75) is 13.8 Å². The molecule has 0 saturated carbocycles. The summed E-state index contributed by atoms with van der Waals surface area (Å²) in [5, 5.41) is 7.24. The Hall–Kier alpha value is -4.82. The minimum Gasteiger partial charge on any atom is -0.455 e. The van der Waals surface area contributed by atoms with Crippen LogP contribution in [0.4, 0.5) is 0 Å². The van der Waals surface area contributed by atoms with E-state index in [4.69, 9.17) is 4.42 Å². The second kappa shape index (κ2) is 8.93. The number of aromatic amines is 1. The van der Waals surface area contributed by atoms with Crippen molar-refractivity contribution in [2.24, 2.45) is 0 Å². The molecule has 0 saturated heterocycles. The van der Waals surface area contributed by atoms with Gasteiger partial charge >= 0.3 is 0 Å². The molecule has 2 nitrogen and oxygen atoms in total. The molecule has 0 spiro atoms. The first-order chi connectivity index (χ1) is 18.8. The Kier molecular flexibility index (Phi) is 5.26. The first-order valence-electron chi connectivity index (χ1n) is 13.3. The van der Waals surface area contributed by atoms with Gasteiger partial charge in [-0.3, -0.25) is 0 Å². The highest BCUT2D eigenvalue weighted by atomic mass is 16.3. The number of fused-ring (bicyclic) bond motifs is 8. The first-order valence-corrected chi connectivity index (χ1v) is 13.3. The molecule has 182 valence electrons. The third kappa shape index (κ3) is 3.34. The molecule has 0 bridgehead atoms. The minimum absolute atomic E-state index is 0.924. The van der Waals surface area contributed by atoms with E-state index >= 15 is 0 Å².